The Labute approximate surface area is 160 Å². The molecule has 3 rings (SSSR count). The average molecular weight is 372 g/mol. The van der Waals surface area contributed by atoms with E-state index in [2.05, 4.69) is 10.3 Å². The number of hydrogen-bond donors (Lipinski definition) is 0. The Morgan fingerprint density at radius 3 is 2.89 bits per heavy atom. The van der Waals surface area contributed by atoms with Gasteiger partial charge in [-0.2, -0.15) is 0 Å². The van der Waals surface area contributed by atoms with E-state index >= 15 is 0 Å². The number of carbonyl (C=O) groups excluding carboxylic acids is 1. The van der Waals surface area contributed by atoms with Gasteiger partial charge in [0.05, 0.1) is 19.4 Å². The largest absolute Gasteiger partial charge is 0.382 e. The van der Waals surface area contributed by atoms with Crippen LogP contribution in [0.15, 0.2) is 36.5 Å². The minimum absolute atomic E-state index is 0.0689. The fraction of sp³-hybridized carbons (Fsp3) is 0.550. The summed E-state index contributed by atoms with van der Waals surface area (Å²) < 4.78 is 12.2. The van der Waals surface area contributed by atoms with E-state index in [1.807, 2.05) is 46.1 Å². The molecule has 1 amide bonds. The Kier molecular flexibility index (Phi) is 7.36. The van der Waals surface area contributed by atoms with Crippen LogP contribution in [0, 0.1) is 0 Å². The van der Waals surface area contributed by atoms with E-state index in [-0.39, 0.29) is 18.6 Å². The Balaban J connectivity index is 1.52. The van der Waals surface area contributed by atoms with Gasteiger partial charge >= 0.3 is 0 Å². The summed E-state index contributed by atoms with van der Waals surface area (Å²) in [6, 6.07) is 10.3. The van der Waals surface area contributed by atoms with Crippen molar-refractivity contribution in [3.63, 3.8) is 0 Å². The Hall–Kier alpha value is -2.25. The molecule has 0 bridgehead atoms. The first-order valence-electron chi connectivity index (χ1n) is 9.59. The summed E-state index contributed by atoms with van der Waals surface area (Å²) in [7, 11) is 1.62. The number of aromatic nitrogens is 3. The summed E-state index contributed by atoms with van der Waals surface area (Å²) in [6.45, 7) is 2.64. The summed E-state index contributed by atoms with van der Waals surface area (Å²) in [5, 5.41) is 8.50. The second-order valence-electron chi connectivity index (χ2n) is 6.80. The highest BCUT2D eigenvalue weighted by atomic mass is 16.5. The fourth-order valence-corrected chi connectivity index (χ4v) is 3.44. The Bertz CT molecular complexity index is 704. The van der Waals surface area contributed by atoms with Gasteiger partial charge in [-0.25, -0.2) is 0 Å². The number of methoxy groups -OCH3 is 1. The van der Waals surface area contributed by atoms with Crippen molar-refractivity contribution in [3.05, 3.63) is 36.5 Å². The lowest BCUT2D eigenvalue weighted by atomic mass is 9.99. The number of benzene rings is 1. The lowest BCUT2D eigenvalue weighted by Crippen LogP contribution is -2.45. The molecule has 1 aromatic carbocycles. The summed E-state index contributed by atoms with van der Waals surface area (Å²) in [4.78, 5) is 14.5. The molecule has 0 aliphatic carbocycles. The van der Waals surface area contributed by atoms with E-state index in [4.69, 9.17) is 9.47 Å². The minimum atomic E-state index is 0.0689. The predicted octanol–water partition coefficient (Wildman–Crippen LogP) is 2.38. The SMILES string of the molecule is COCCOCC(=O)N1CCCCC1CCn1cc(-c2ccccc2)nn1. The molecule has 2 heterocycles. The Morgan fingerprint density at radius 2 is 2.07 bits per heavy atom. The van der Waals surface area contributed by atoms with Crippen LogP contribution in [-0.4, -0.2) is 65.3 Å². The van der Waals surface area contributed by atoms with Gasteiger partial charge in [-0.3, -0.25) is 9.48 Å². The zero-order valence-corrected chi connectivity index (χ0v) is 15.9. The number of ether oxygens (including phenoxy) is 2. The summed E-state index contributed by atoms with van der Waals surface area (Å²) in [6.07, 6.45) is 6.09. The van der Waals surface area contributed by atoms with E-state index < -0.39 is 0 Å². The second-order valence-corrected chi connectivity index (χ2v) is 6.80. The molecule has 0 saturated carbocycles. The molecule has 1 fully saturated rings. The van der Waals surface area contributed by atoms with Gasteiger partial charge in [0.2, 0.25) is 5.91 Å². The molecule has 1 atom stereocenters. The standard InChI is InChI=1S/C20H28N4O3/c1-26-13-14-27-16-20(25)24-11-6-5-9-18(24)10-12-23-15-19(21-22-23)17-7-3-2-4-8-17/h2-4,7-8,15,18H,5-6,9-14,16H2,1H3. The third-order valence-corrected chi connectivity index (χ3v) is 4.90. The molecule has 1 saturated heterocycles. The van der Waals surface area contributed by atoms with Gasteiger partial charge in [-0.05, 0) is 25.7 Å². The van der Waals surface area contributed by atoms with Crippen molar-refractivity contribution < 1.29 is 14.3 Å². The first-order valence-corrected chi connectivity index (χ1v) is 9.59. The van der Waals surface area contributed by atoms with Crippen LogP contribution in [0.2, 0.25) is 0 Å². The van der Waals surface area contributed by atoms with Crippen LogP contribution in [0.25, 0.3) is 11.3 Å². The first kappa shape index (κ1) is 19.5. The van der Waals surface area contributed by atoms with Crippen LogP contribution >= 0.6 is 0 Å². The third-order valence-electron chi connectivity index (χ3n) is 4.90. The molecule has 2 aromatic rings. The van der Waals surface area contributed by atoms with Gasteiger partial charge < -0.3 is 14.4 Å². The van der Waals surface area contributed by atoms with Crippen LogP contribution in [0.3, 0.4) is 0 Å². The molecular weight excluding hydrogens is 344 g/mol. The molecule has 1 aliphatic rings. The number of rotatable bonds is 9. The van der Waals surface area contributed by atoms with Crippen LogP contribution in [0.4, 0.5) is 0 Å². The van der Waals surface area contributed by atoms with Gasteiger partial charge in [0.25, 0.3) is 0 Å². The maximum absolute atomic E-state index is 12.5. The number of aryl methyl sites for hydroxylation is 1. The van der Waals surface area contributed by atoms with Gasteiger partial charge in [-0.1, -0.05) is 35.5 Å². The summed E-state index contributed by atoms with van der Waals surface area (Å²) in [5.41, 5.74) is 1.94. The van der Waals surface area contributed by atoms with E-state index in [1.165, 1.54) is 0 Å². The van der Waals surface area contributed by atoms with Crippen molar-refractivity contribution in [2.24, 2.45) is 0 Å². The third kappa shape index (κ3) is 5.61. The number of likely N-dealkylation sites (tertiary alicyclic amines) is 1. The van der Waals surface area contributed by atoms with Crippen molar-refractivity contribution in [1.82, 2.24) is 19.9 Å². The molecular formula is C20H28N4O3. The number of carbonyl (C=O) groups is 1. The lowest BCUT2D eigenvalue weighted by Gasteiger charge is -2.35. The van der Waals surface area contributed by atoms with Gasteiger partial charge in [-0.15, -0.1) is 5.10 Å². The molecule has 146 valence electrons. The molecule has 1 aliphatic heterocycles. The van der Waals surface area contributed by atoms with Crippen molar-refractivity contribution in [3.8, 4) is 11.3 Å². The van der Waals surface area contributed by atoms with Crippen molar-refractivity contribution >= 4 is 5.91 Å². The van der Waals surface area contributed by atoms with Crippen LogP contribution in [0.1, 0.15) is 25.7 Å². The molecule has 1 unspecified atom stereocenters. The normalized spacial score (nSPS) is 17.2. The zero-order valence-electron chi connectivity index (χ0n) is 15.9. The molecule has 1 aromatic heterocycles. The van der Waals surface area contributed by atoms with Crippen molar-refractivity contribution in [2.75, 3.05) is 33.5 Å². The van der Waals surface area contributed by atoms with Crippen LogP contribution in [0.5, 0.6) is 0 Å². The topological polar surface area (TPSA) is 69.5 Å². The first-order chi connectivity index (χ1) is 13.3. The molecule has 7 nitrogen and oxygen atoms in total. The number of nitrogens with zero attached hydrogens (tertiary/aromatic N) is 4. The van der Waals surface area contributed by atoms with E-state index in [0.717, 1.165) is 50.0 Å². The monoisotopic (exact) mass is 372 g/mol. The molecule has 0 radical (unpaired) electrons. The summed E-state index contributed by atoms with van der Waals surface area (Å²) in [5.74, 6) is 0.0689. The number of piperidine rings is 1. The molecule has 0 spiro atoms. The maximum atomic E-state index is 12.5. The zero-order chi connectivity index (χ0) is 18.9. The highest BCUT2D eigenvalue weighted by Crippen LogP contribution is 2.21. The smallest absolute Gasteiger partial charge is 0.248 e. The molecule has 27 heavy (non-hydrogen) atoms. The predicted molar refractivity (Wildman–Crippen MR) is 102 cm³/mol. The highest BCUT2D eigenvalue weighted by Gasteiger charge is 2.26. The van der Waals surface area contributed by atoms with E-state index in [9.17, 15) is 4.79 Å². The lowest BCUT2D eigenvalue weighted by molar-refractivity contribution is -0.140. The molecule has 0 N–H and O–H groups in total. The van der Waals surface area contributed by atoms with Gasteiger partial charge in [0, 0.05) is 31.8 Å². The van der Waals surface area contributed by atoms with Gasteiger partial charge in [0.1, 0.15) is 12.3 Å². The van der Waals surface area contributed by atoms with Gasteiger partial charge in [0.15, 0.2) is 0 Å². The molecule has 7 heteroatoms. The summed E-state index contributed by atoms with van der Waals surface area (Å²) >= 11 is 0. The average Bonchev–Trinajstić information content (AvgIpc) is 3.19. The van der Waals surface area contributed by atoms with E-state index in [0.29, 0.717) is 13.2 Å². The fourth-order valence-electron chi connectivity index (χ4n) is 3.44. The second kappa shape index (κ2) is 10.2. The highest BCUT2D eigenvalue weighted by molar-refractivity contribution is 5.77. The van der Waals surface area contributed by atoms with E-state index in [1.54, 1.807) is 7.11 Å². The Morgan fingerprint density at radius 1 is 1.22 bits per heavy atom. The minimum Gasteiger partial charge on any atom is -0.382 e. The van der Waals surface area contributed by atoms with Crippen LogP contribution < -0.4 is 0 Å². The van der Waals surface area contributed by atoms with Crippen LogP contribution in [-0.2, 0) is 20.8 Å². The van der Waals surface area contributed by atoms with Crippen molar-refractivity contribution in [2.45, 2.75) is 38.3 Å². The number of hydrogen-bond acceptors (Lipinski definition) is 5. The maximum Gasteiger partial charge on any atom is 0.248 e. The quantitative estimate of drug-likeness (QED) is 0.632. The number of amides is 1. The van der Waals surface area contributed by atoms with Crippen molar-refractivity contribution in [1.29, 1.82) is 0 Å².